The molecule has 2 N–H and O–H groups in total. The first-order valence-corrected chi connectivity index (χ1v) is 6.41. The number of ether oxygens (including phenoxy) is 1. The van der Waals surface area contributed by atoms with Gasteiger partial charge in [0.2, 0.25) is 0 Å². The van der Waals surface area contributed by atoms with Crippen LogP contribution in [0.1, 0.15) is 35.2 Å². The first-order chi connectivity index (χ1) is 8.77. The van der Waals surface area contributed by atoms with Crippen molar-refractivity contribution in [1.82, 2.24) is 5.32 Å². The normalized spacial score (nSPS) is 19.0. The molecule has 1 aliphatic rings. The maximum atomic E-state index is 11.0. The van der Waals surface area contributed by atoms with E-state index in [9.17, 15) is 4.79 Å². The lowest BCUT2D eigenvalue weighted by atomic mass is 10.1. The van der Waals surface area contributed by atoms with E-state index in [0.717, 1.165) is 38.0 Å². The molecule has 4 heteroatoms. The highest BCUT2D eigenvalue weighted by Crippen LogP contribution is 2.14. The second-order valence-corrected chi connectivity index (χ2v) is 4.56. The van der Waals surface area contributed by atoms with E-state index in [-0.39, 0.29) is 0 Å². The van der Waals surface area contributed by atoms with Crippen molar-refractivity contribution in [2.75, 3.05) is 13.2 Å². The summed E-state index contributed by atoms with van der Waals surface area (Å²) in [6.45, 7) is 2.33. The summed E-state index contributed by atoms with van der Waals surface area (Å²) < 4.78 is 5.53. The average molecular weight is 249 g/mol. The zero-order valence-corrected chi connectivity index (χ0v) is 10.4. The van der Waals surface area contributed by atoms with Gasteiger partial charge in [0.1, 0.15) is 0 Å². The van der Waals surface area contributed by atoms with E-state index in [2.05, 4.69) is 5.32 Å². The predicted octanol–water partition coefficient (Wildman–Crippen LogP) is 2.04. The fraction of sp³-hybridized carbons (Fsp3) is 0.500. The summed E-state index contributed by atoms with van der Waals surface area (Å²) in [7, 11) is 0. The summed E-state index contributed by atoms with van der Waals surface area (Å²) in [5.41, 5.74) is 1.21. The summed E-state index contributed by atoms with van der Waals surface area (Å²) in [6.07, 6.45) is 3.68. The van der Waals surface area contributed by atoms with Crippen molar-refractivity contribution in [1.29, 1.82) is 0 Å². The molecule has 1 aromatic carbocycles. The molecular weight excluding hydrogens is 230 g/mol. The summed E-state index contributed by atoms with van der Waals surface area (Å²) in [6, 6.07) is 7.10. The molecule has 0 bridgehead atoms. The Morgan fingerprint density at radius 1 is 1.44 bits per heavy atom. The smallest absolute Gasteiger partial charge is 0.336 e. The van der Waals surface area contributed by atoms with Gasteiger partial charge in [-0.2, -0.15) is 0 Å². The number of carboxylic acid groups (broad SMARTS) is 1. The fourth-order valence-corrected chi connectivity index (χ4v) is 2.24. The highest BCUT2D eigenvalue weighted by Gasteiger charge is 2.14. The zero-order chi connectivity index (χ0) is 12.8. The van der Waals surface area contributed by atoms with Crippen molar-refractivity contribution in [3.63, 3.8) is 0 Å². The van der Waals surface area contributed by atoms with Gasteiger partial charge in [0.05, 0.1) is 11.7 Å². The molecule has 0 aliphatic carbocycles. The third kappa shape index (κ3) is 3.55. The van der Waals surface area contributed by atoms with Crippen LogP contribution in [0.2, 0.25) is 0 Å². The van der Waals surface area contributed by atoms with Crippen LogP contribution < -0.4 is 5.32 Å². The minimum atomic E-state index is -0.869. The van der Waals surface area contributed by atoms with Crippen LogP contribution in [-0.4, -0.2) is 30.3 Å². The van der Waals surface area contributed by atoms with Gasteiger partial charge >= 0.3 is 5.97 Å². The Hall–Kier alpha value is -1.39. The van der Waals surface area contributed by atoms with E-state index in [1.54, 1.807) is 12.1 Å². The van der Waals surface area contributed by atoms with Gasteiger partial charge in [-0.3, -0.25) is 0 Å². The maximum absolute atomic E-state index is 11.0. The fourth-order valence-electron chi connectivity index (χ4n) is 2.24. The van der Waals surface area contributed by atoms with Crippen LogP contribution in [0.3, 0.4) is 0 Å². The standard InChI is InChI=1S/C14H19NO3/c16-14(17)13-6-2-1-4-11(13)10-15-8-7-12-5-3-9-18-12/h1-2,4,6,12,15H,3,5,7-10H2,(H,16,17). The summed E-state index contributed by atoms with van der Waals surface area (Å²) in [5, 5.41) is 12.3. The van der Waals surface area contributed by atoms with E-state index < -0.39 is 5.97 Å². The highest BCUT2D eigenvalue weighted by atomic mass is 16.5. The van der Waals surface area contributed by atoms with Gasteiger partial charge in [0.15, 0.2) is 0 Å². The molecule has 1 aromatic rings. The van der Waals surface area contributed by atoms with Crippen LogP contribution in [-0.2, 0) is 11.3 Å². The number of nitrogens with one attached hydrogen (secondary N) is 1. The molecule has 1 unspecified atom stereocenters. The molecule has 1 fully saturated rings. The van der Waals surface area contributed by atoms with Crippen molar-refractivity contribution in [2.24, 2.45) is 0 Å². The Bertz CT molecular complexity index is 400. The zero-order valence-electron chi connectivity index (χ0n) is 10.4. The van der Waals surface area contributed by atoms with Gasteiger partial charge in [0.25, 0.3) is 0 Å². The van der Waals surface area contributed by atoms with E-state index >= 15 is 0 Å². The number of carboxylic acids is 1. The summed E-state index contributed by atoms with van der Waals surface area (Å²) in [5.74, 6) is -0.869. The van der Waals surface area contributed by atoms with Crippen molar-refractivity contribution < 1.29 is 14.6 Å². The SMILES string of the molecule is O=C(O)c1ccccc1CNCCC1CCCO1. The van der Waals surface area contributed by atoms with Crippen molar-refractivity contribution in [3.8, 4) is 0 Å². The topological polar surface area (TPSA) is 58.6 Å². The number of aromatic carboxylic acids is 1. The lowest BCUT2D eigenvalue weighted by molar-refractivity contribution is 0.0695. The molecule has 1 heterocycles. The van der Waals surface area contributed by atoms with E-state index in [0.29, 0.717) is 18.2 Å². The Morgan fingerprint density at radius 3 is 3.00 bits per heavy atom. The summed E-state index contributed by atoms with van der Waals surface area (Å²) in [4.78, 5) is 11.0. The number of rotatable bonds is 6. The van der Waals surface area contributed by atoms with E-state index in [1.807, 2.05) is 12.1 Å². The molecule has 0 aromatic heterocycles. The number of benzene rings is 1. The average Bonchev–Trinajstić information content (AvgIpc) is 2.88. The molecule has 2 rings (SSSR count). The molecule has 98 valence electrons. The minimum absolute atomic E-state index is 0.377. The quantitative estimate of drug-likeness (QED) is 0.757. The van der Waals surface area contributed by atoms with Crippen LogP contribution >= 0.6 is 0 Å². The monoisotopic (exact) mass is 249 g/mol. The molecule has 18 heavy (non-hydrogen) atoms. The highest BCUT2D eigenvalue weighted by molar-refractivity contribution is 5.89. The van der Waals surface area contributed by atoms with Crippen LogP contribution in [0.15, 0.2) is 24.3 Å². The van der Waals surface area contributed by atoms with Gasteiger partial charge in [-0.05, 0) is 37.4 Å². The van der Waals surface area contributed by atoms with Gasteiger partial charge in [-0.15, -0.1) is 0 Å². The van der Waals surface area contributed by atoms with Gasteiger partial charge < -0.3 is 15.2 Å². The maximum Gasteiger partial charge on any atom is 0.336 e. The lowest BCUT2D eigenvalue weighted by Gasteiger charge is -2.11. The number of hydrogen-bond acceptors (Lipinski definition) is 3. The Kier molecular flexibility index (Phi) is 4.73. The Balaban J connectivity index is 1.77. The first kappa shape index (κ1) is 13.1. The van der Waals surface area contributed by atoms with E-state index in [4.69, 9.17) is 9.84 Å². The Labute approximate surface area is 107 Å². The molecule has 1 atom stereocenters. The summed E-state index contributed by atoms with van der Waals surface area (Å²) >= 11 is 0. The van der Waals surface area contributed by atoms with Crippen LogP contribution in [0, 0.1) is 0 Å². The number of hydrogen-bond donors (Lipinski definition) is 2. The molecular formula is C14H19NO3. The molecule has 1 saturated heterocycles. The first-order valence-electron chi connectivity index (χ1n) is 6.41. The van der Waals surface area contributed by atoms with Crippen LogP contribution in [0.4, 0.5) is 0 Å². The molecule has 0 amide bonds. The Morgan fingerprint density at radius 2 is 2.28 bits per heavy atom. The van der Waals surface area contributed by atoms with Gasteiger partial charge in [-0.1, -0.05) is 18.2 Å². The van der Waals surface area contributed by atoms with Crippen molar-refractivity contribution in [2.45, 2.75) is 31.9 Å². The lowest BCUT2D eigenvalue weighted by Crippen LogP contribution is -2.21. The van der Waals surface area contributed by atoms with Gasteiger partial charge in [-0.25, -0.2) is 4.79 Å². The predicted molar refractivity (Wildman–Crippen MR) is 68.7 cm³/mol. The minimum Gasteiger partial charge on any atom is -0.478 e. The van der Waals surface area contributed by atoms with Crippen molar-refractivity contribution >= 4 is 5.97 Å². The van der Waals surface area contributed by atoms with Crippen LogP contribution in [0.25, 0.3) is 0 Å². The molecule has 0 spiro atoms. The third-order valence-electron chi connectivity index (χ3n) is 3.23. The van der Waals surface area contributed by atoms with Crippen molar-refractivity contribution in [3.05, 3.63) is 35.4 Å². The van der Waals surface area contributed by atoms with E-state index in [1.165, 1.54) is 0 Å². The second-order valence-electron chi connectivity index (χ2n) is 4.56. The largest absolute Gasteiger partial charge is 0.478 e. The molecule has 4 nitrogen and oxygen atoms in total. The second kappa shape index (κ2) is 6.52. The van der Waals surface area contributed by atoms with Crippen LogP contribution in [0.5, 0.6) is 0 Å². The molecule has 0 radical (unpaired) electrons. The number of carbonyl (C=O) groups is 1. The molecule has 0 saturated carbocycles. The third-order valence-corrected chi connectivity index (χ3v) is 3.23. The van der Waals surface area contributed by atoms with Gasteiger partial charge in [0, 0.05) is 13.2 Å². The molecule has 1 aliphatic heterocycles.